The second-order valence-corrected chi connectivity index (χ2v) is 15.0. The third-order valence-corrected chi connectivity index (χ3v) is 11.3. The molecule has 0 aliphatic carbocycles. The summed E-state index contributed by atoms with van der Waals surface area (Å²) in [6.07, 6.45) is 4.40. The van der Waals surface area contributed by atoms with E-state index in [-0.39, 0.29) is 10.8 Å². The number of nitrogens with zero attached hydrogens (tertiary/aromatic N) is 5. The molecule has 1 unspecified atom stereocenters. The van der Waals surface area contributed by atoms with Crippen molar-refractivity contribution in [2.75, 3.05) is 65.4 Å². The van der Waals surface area contributed by atoms with Crippen LogP contribution >= 0.6 is 0 Å². The number of ether oxygens (including phenoxy) is 1. The van der Waals surface area contributed by atoms with Crippen LogP contribution in [0.1, 0.15) is 33.8 Å². The van der Waals surface area contributed by atoms with Crippen LogP contribution in [0.15, 0.2) is 90.1 Å². The predicted octanol–water partition coefficient (Wildman–Crippen LogP) is 5.87. The summed E-state index contributed by atoms with van der Waals surface area (Å²) in [5, 5.41) is 0.712. The molecule has 3 aromatic carbocycles. The third kappa shape index (κ3) is 6.00. The van der Waals surface area contributed by atoms with Crippen LogP contribution in [-0.2, 0) is 14.8 Å². The summed E-state index contributed by atoms with van der Waals surface area (Å²) < 4.78 is 35.2. The fourth-order valence-electron chi connectivity index (χ4n) is 6.70. The minimum absolute atomic E-state index is 0.0987. The molecule has 0 saturated carbocycles. The molecule has 2 aliphatic heterocycles. The van der Waals surface area contributed by atoms with Gasteiger partial charge in [-0.1, -0.05) is 35.9 Å². The van der Waals surface area contributed by atoms with Gasteiger partial charge in [0.2, 0.25) is 0 Å². The molecule has 4 heterocycles. The predicted molar refractivity (Wildman–Crippen MR) is 190 cm³/mol. The van der Waals surface area contributed by atoms with Gasteiger partial charge in [-0.05, 0) is 79.5 Å². The largest absolute Gasteiger partial charge is 0.381 e. The summed E-state index contributed by atoms with van der Waals surface area (Å²) in [4.78, 5) is 24.0. The summed E-state index contributed by atoms with van der Waals surface area (Å²) in [5.74, 6) is 0.217. The van der Waals surface area contributed by atoms with E-state index in [4.69, 9.17) is 9.72 Å². The Balaban J connectivity index is 1.36. The van der Waals surface area contributed by atoms with Crippen LogP contribution in [-0.4, -0.2) is 93.6 Å². The second kappa shape index (κ2) is 12.8. The van der Waals surface area contributed by atoms with Crippen LogP contribution in [0, 0.1) is 6.92 Å². The van der Waals surface area contributed by atoms with Crippen LogP contribution in [0.3, 0.4) is 0 Å². The Kier molecular flexibility index (Phi) is 8.57. The first-order chi connectivity index (χ1) is 23.1. The summed E-state index contributed by atoms with van der Waals surface area (Å²) in [7, 11) is 1.65. The Labute approximate surface area is 282 Å². The molecular formula is C38H41N5O4S. The molecular weight excluding hydrogens is 623 g/mol. The minimum atomic E-state index is -3.95. The molecule has 0 radical (unpaired) electrons. The number of carbonyl (C=O) groups excluding carboxylic acids is 1. The van der Waals surface area contributed by atoms with Gasteiger partial charge in [-0.2, -0.15) is 0 Å². The van der Waals surface area contributed by atoms with Crippen LogP contribution in [0.5, 0.6) is 0 Å². The maximum atomic E-state index is 14.0. The molecule has 5 aromatic rings. The smallest absolute Gasteiger partial charge is 0.269 e. The fourth-order valence-corrected chi connectivity index (χ4v) is 8.03. The number of aryl methyl sites for hydroxylation is 1. The topological polar surface area (TPSA) is 88.0 Å². The van der Waals surface area contributed by atoms with Gasteiger partial charge < -0.3 is 19.4 Å². The second-order valence-electron chi connectivity index (χ2n) is 13.2. The van der Waals surface area contributed by atoms with Crippen LogP contribution < -0.4 is 4.90 Å². The summed E-state index contributed by atoms with van der Waals surface area (Å²) >= 11 is 0. The van der Waals surface area contributed by atoms with Crippen molar-refractivity contribution in [1.82, 2.24) is 18.8 Å². The zero-order chi connectivity index (χ0) is 33.6. The number of pyridine rings is 1. The molecule has 48 heavy (non-hydrogen) atoms. The number of amides is 1. The SMILES string of the molecule is Cc1ccc(S(=O)(=O)n2cc(-c3ccc(C(=O)N(C)C)cc3)c3cc(-c4ccc(N5CCN(C)CC5)c(C5CCOC5)c4)cnc32)cc1. The average molecular weight is 664 g/mol. The number of fused-ring (bicyclic) bond motifs is 1. The standard InChI is InChI=1S/C38H41N5O4S/c1-26-5-12-32(13-6-26)48(45,46)43-24-35(27-7-9-28(10-8-27)38(44)40(2)3)34-22-31(23-39-37(34)43)29-11-14-36(42-18-16-41(4)17-19-42)33(21-29)30-15-20-47-25-30/h5-14,21-24,30H,15-20,25H2,1-4H3. The third-order valence-electron chi connectivity index (χ3n) is 9.61. The number of hydrogen-bond donors (Lipinski definition) is 0. The highest BCUT2D eigenvalue weighted by molar-refractivity contribution is 7.90. The number of rotatable bonds is 7. The van der Waals surface area contributed by atoms with Crippen LogP contribution in [0.2, 0.25) is 0 Å². The zero-order valence-corrected chi connectivity index (χ0v) is 28.7. The molecule has 0 N–H and O–H groups in total. The molecule has 0 bridgehead atoms. The summed E-state index contributed by atoms with van der Waals surface area (Å²) in [6, 6.07) is 22.8. The van der Waals surface area contributed by atoms with E-state index in [0.717, 1.165) is 67.0 Å². The Bertz CT molecular complexity index is 2070. The number of anilines is 1. The van der Waals surface area contributed by atoms with Crippen LogP contribution in [0.25, 0.3) is 33.3 Å². The molecule has 248 valence electrons. The highest BCUT2D eigenvalue weighted by atomic mass is 32.2. The molecule has 1 amide bonds. The normalized spacial score (nSPS) is 17.2. The van der Waals surface area contributed by atoms with Gasteiger partial charge in [0.1, 0.15) is 0 Å². The zero-order valence-electron chi connectivity index (χ0n) is 27.9. The van der Waals surface area contributed by atoms with Crippen molar-refractivity contribution in [3.8, 4) is 22.3 Å². The van der Waals surface area contributed by atoms with E-state index in [1.807, 2.05) is 25.1 Å². The lowest BCUT2D eigenvalue weighted by Gasteiger charge is -2.36. The van der Waals surface area contributed by atoms with Crippen molar-refractivity contribution in [3.05, 3.63) is 102 Å². The van der Waals surface area contributed by atoms with E-state index >= 15 is 0 Å². The van der Waals surface area contributed by atoms with Crippen molar-refractivity contribution in [2.45, 2.75) is 24.2 Å². The lowest BCUT2D eigenvalue weighted by molar-refractivity contribution is 0.0827. The van der Waals surface area contributed by atoms with Crippen molar-refractivity contribution < 1.29 is 17.9 Å². The Morgan fingerprint density at radius 2 is 1.60 bits per heavy atom. The van der Waals surface area contributed by atoms with Gasteiger partial charge in [0.15, 0.2) is 5.65 Å². The van der Waals surface area contributed by atoms with E-state index in [1.54, 1.807) is 62.9 Å². The van der Waals surface area contributed by atoms with Gasteiger partial charge in [0.25, 0.3) is 15.9 Å². The lowest BCUT2D eigenvalue weighted by atomic mass is 9.92. The Morgan fingerprint density at radius 3 is 2.27 bits per heavy atom. The van der Waals surface area contributed by atoms with Crippen molar-refractivity contribution in [3.63, 3.8) is 0 Å². The van der Waals surface area contributed by atoms with Crippen LogP contribution in [0.4, 0.5) is 5.69 Å². The van der Waals surface area contributed by atoms with Crippen molar-refractivity contribution in [1.29, 1.82) is 0 Å². The first-order valence-corrected chi connectivity index (χ1v) is 17.8. The highest BCUT2D eigenvalue weighted by Crippen LogP contribution is 2.39. The molecule has 2 aliphatic rings. The summed E-state index contributed by atoms with van der Waals surface area (Å²) in [6.45, 7) is 7.41. The summed E-state index contributed by atoms with van der Waals surface area (Å²) in [5.41, 5.74) is 7.87. The van der Waals surface area contributed by atoms with Crippen molar-refractivity contribution in [2.24, 2.45) is 0 Å². The molecule has 10 heteroatoms. The van der Waals surface area contributed by atoms with Gasteiger partial charge in [-0.15, -0.1) is 0 Å². The van der Waals surface area contributed by atoms with Gasteiger partial charge in [0, 0.05) is 93.0 Å². The first kappa shape index (κ1) is 32.1. The van der Waals surface area contributed by atoms with Crippen molar-refractivity contribution >= 4 is 32.7 Å². The van der Waals surface area contributed by atoms with Gasteiger partial charge in [-0.25, -0.2) is 17.4 Å². The van der Waals surface area contributed by atoms with Gasteiger partial charge in [-0.3, -0.25) is 4.79 Å². The Morgan fingerprint density at radius 1 is 0.896 bits per heavy atom. The van der Waals surface area contributed by atoms with E-state index in [0.29, 0.717) is 29.1 Å². The molecule has 2 aromatic heterocycles. The maximum absolute atomic E-state index is 14.0. The molecule has 1 atom stereocenters. The van der Waals surface area contributed by atoms with Gasteiger partial charge >= 0.3 is 0 Å². The van der Waals surface area contributed by atoms with E-state index in [2.05, 4.69) is 35.0 Å². The van der Waals surface area contributed by atoms with E-state index in [1.165, 1.54) is 20.1 Å². The maximum Gasteiger partial charge on any atom is 0.269 e. The lowest BCUT2D eigenvalue weighted by Crippen LogP contribution is -2.44. The Hall–Kier alpha value is -4.51. The number of benzene rings is 3. The molecule has 2 fully saturated rings. The quantitative estimate of drug-likeness (QED) is 0.215. The number of likely N-dealkylation sites (N-methyl/N-ethyl adjacent to an activating group) is 1. The van der Waals surface area contributed by atoms with Gasteiger partial charge in [0.05, 0.1) is 11.5 Å². The monoisotopic (exact) mass is 663 g/mol. The number of aromatic nitrogens is 2. The molecule has 0 spiro atoms. The highest BCUT2D eigenvalue weighted by Gasteiger charge is 2.27. The fraction of sp³-hybridized carbons (Fsp3) is 0.316. The number of piperazine rings is 1. The first-order valence-electron chi connectivity index (χ1n) is 16.4. The molecule has 9 nitrogen and oxygen atoms in total. The number of carbonyl (C=O) groups is 1. The average Bonchev–Trinajstić information content (AvgIpc) is 3.77. The van der Waals surface area contributed by atoms with E-state index < -0.39 is 10.0 Å². The molecule has 2 saturated heterocycles. The number of hydrogen-bond acceptors (Lipinski definition) is 7. The minimum Gasteiger partial charge on any atom is -0.381 e. The molecule has 7 rings (SSSR count). The van der Waals surface area contributed by atoms with E-state index in [9.17, 15) is 13.2 Å².